The van der Waals surface area contributed by atoms with Gasteiger partial charge in [0.05, 0.1) is 47.2 Å². The molecule has 74 heavy (non-hydrogen) atoms. The molecule has 0 aliphatic carbocycles. The number of rotatable bonds is 17. The number of alkyl halides is 4. The zero-order chi connectivity index (χ0) is 55.1. The third-order valence-corrected chi connectivity index (χ3v) is 16.9. The minimum absolute atomic E-state index is 0.00850. The Balaban J connectivity index is 1.36. The maximum atomic E-state index is 14.8. The van der Waals surface area contributed by atoms with Crippen molar-refractivity contribution >= 4 is 17.1 Å². The van der Waals surface area contributed by atoms with Gasteiger partial charge in [-0.15, -0.1) is 5.10 Å². The van der Waals surface area contributed by atoms with Gasteiger partial charge in [-0.2, -0.15) is 13.2 Å². The number of aliphatic hydroxyl groups is 3. The molecule has 1 unspecified atom stereocenters. The molecule has 18 atom stereocenters. The van der Waals surface area contributed by atoms with Crippen molar-refractivity contribution in [2.24, 2.45) is 11.8 Å². The molecule has 3 saturated heterocycles. The van der Waals surface area contributed by atoms with Crippen LogP contribution < -0.4 is 0 Å². The number of hydrogen-bond acceptors (Lipinski definition) is 16. The fourth-order valence-electron chi connectivity index (χ4n) is 11.0. The average Bonchev–Trinajstić information content (AvgIpc) is 3.79. The van der Waals surface area contributed by atoms with E-state index in [1.165, 1.54) is 43.0 Å². The quantitative estimate of drug-likeness (QED) is 0.0881. The van der Waals surface area contributed by atoms with E-state index in [4.69, 9.17) is 33.2 Å². The number of hydrogen-bond donors (Lipinski definition) is 3. The van der Waals surface area contributed by atoms with Gasteiger partial charge in [0.25, 0.3) is 0 Å². The van der Waals surface area contributed by atoms with Gasteiger partial charge in [-0.1, -0.05) is 31.2 Å². The van der Waals surface area contributed by atoms with Crippen LogP contribution in [0.3, 0.4) is 0 Å². The summed E-state index contributed by atoms with van der Waals surface area (Å²) in [6, 6.07) is 4.01. The van der Waals surface area contributed by atoms with Crippen molar-refractivity contribution in [1.29, 1.82) is 0 Å². The summed E-state index contributed by atoms with van der Waals surface area (Å²) in [5, 5.41) is 44.7. The first kappa shape index (κ1) is 62.3. The van der Waals surface area contributed by atoms with Crippen LogP contribution in [-0.2, 0) is 55.5 Å². The van der Waals surface area contributed by atoms with Gasteiger partial charge in [0.1, 0.15) is 36.6 Å². The number of cyclic esters (lactones) is 1. The number of aliphatic hydroxyl groups excluding tert-OH is 1. The second kappa shape index (κ2) is 26.4. The Kier molecular flexibility index (Phi) is 22.2. The Morgan fingerprint density at radius 1 is 0.973 bits per heavy atom. The largest absolute Gasteiger partial charge is 0.611 e. The predicted molar refractivity (Wildman–Crippen MR) is 268 cm³/mol. The van der Waals surface area contributed by atoms with Gasteiger partial charge in [0.2, 0.25) is 5.75 Å². The number of benzene rings is 1. The highest BCUT2D eigenvalue weighted by molar-refractivity contribution is 7.91. The summed E-state index contributed by atoms with van der Waals surface area (Å²) in [6.45, 7) is 16.4. The normalized spacial score (nSPS) is 36.9. The number of ether oxygens (including phenoxy) is 7. The molecule has 17 nitrogen and oxygen atoms in total. The summed E-state index contributed by atoms with van der Waals surface area (Å²) in [6.07, 6.45) is -7.14. The van der Waals surface area contributed by atoms with Crippen LogP contribution in [-0.4, -0.2) is 189 Å². The van der Waals surface area contributed by atoms with Crippen LogP contribution in [0.15, 0.2) is 35.4 Å². The van der Waals surface area contributed by atoms with E-state index in [0.717, 1.165) is 0 Å². The van der Waals surface area contributed by atoms with Crippen LogP contribution in [0.4, 0.5) is 17.6 Å². The Morgan fingerprint density at radius 2 is 1.64 bits per heavy atom. The van der Waals surface area contributed by atoms with Crippen molar-refractivity contribution in [1.82, 2.24) is 24.8 Å². The van der Waals surface area contributed by atoms with E-state index < -0.39 is 114 Å². The third-order valence-electron chi connectivity index (χ3n) is 15.5. The molecule has 0 amide bonds. The van der Waals surface area contributed by atoms with Crippen LogP contribution in [0.25, 0.3) is 0 Å². The highest BCUT2D eigenvalue weighted by atomic mass is 32.2. The van der Waals surface area contributed by atoms with E-state index in [-0.39, 0.29) is 48.3 Å². The molecular weight excluding hydrogens is 995 g/mol. The van der Waals surface area contributed by atoms with Crippen LogP contribution in [0.2, 0.25) is 0 Å². The van der Waals surface area contributed by atoms with Gasteiger partial charge < -0.3 is 62.8 Å². The number of nitrogens with zero attached hydrogens (tertiary/aromatic N) is 5. The van der Waals surface area contributed by atoms with Crippen molar-refractivity contribution in [3.8, 4) is 0 Å². The molecule has 1 aromatic carbocycles. The molecule has 3 fully saturated rings. The smallest absolute Gasteiger partial charge is 0.433 e. The SMILES string of the molecule is CC[C@H]1OC(=O)[C@H](C)[C@@H](O[C@H]2C[C@@](C)(OC)C[C@H](C)O2)C[C@@H](O[C@H]2C[C@@H](N(C)CCc3cn([C@H](CF)[C@H](OC)c4ccc([S+]([O-])CC(F)(F)F)cc4)nn3)C[C@@H](C)O2)[C@](C)(O)C[C@@H](C)CN(C)[C@H](C)[C@@H](O)[C@]1(C)O. The van der Waals surface area contributed by atoms with E-state index >= 15 is 0 Å². The maximum absolute atomic E-state index is 14.8. The Labute approximate surface area is 438 Å². The van der Waals surface area contributed by atoms with Gasteiger partial charge in [0, 0.05) is 77.7 Å². The molecule has 0 radical (unpaired) electrons. The van der Waals surface area contributed by atoms with E-state index in [1.54, 1.807) is 41.0 Å². The number of halogens is 4. The molecular formula is C52H85F4N5O12S. The summed E-state index contributed by atoms with van der Waals surface area (Å²) >= 11 is -2.29. The molecule has 3 N–H and O–H groups in total. The standard InChI is InChI=1S/C52H85F4N5O12S/c1-14-42-51(9,65)47(62)35(6)60(11)28-31(2)24-50(8,64)43(23-41(34(5)48(63)73-42)71-45-26-49(7,68-13)25-33(4)70-45)72-44-22-38(21-32(3)69-44)59(10)20-19-37-29-61(58-57-37)40(27-53)46(67-12)36-15-17-39(18-16-36)74(66)30-52(54,55)56/h15-18,29,31-35,38,40-47,62,64-65H,14,19-28,30H2,1-13H3/t31-,32-,33+,34-,35-,38+,40-,41+,42-,43-,44+,45+,46-,47-,49+,50-,51-,74?/m1/s1. The first-order chi connectivity index (χ1) is 34.5. The van der Waals surface area contributed by atoms with E-state index in [1.807, 2.05) is 46.7 Å². The highest BCUT2D eigenvalue weighted by Crippen LogP contribution is 2.39. The lowest BCUT2D eigenvalue weighted by Gasteiger charge is -2.45. The van der Waals surface area contributed by atoms with Gasteiger partial charge in [-0.25, -0.2) is 9.07 Å². The number of esters is 1. The van der Waals surface area contributed by atoms with Gasteiger partial charge in [-0.05, 0) is 117 Å². The van der Waals surface area contributed by atoms with E-state index in [0.29, 0.717) is 56.5 Å². The van der Waals surface area contributed by atoms with Crippen molar-refractivity contribution in [3.05, 3.63) is 41.7 Å². The van der Waals surface area contributed by atoms with Crippen LogP contribution >= 0.6 is 0 Å². The third kappa shape index (κ3) is 16.5. The number of aromatic nitrogens is 3. The second-order valence-electron chi connectivity index (χ2n) is 22.1. The first-order valence-corrected chi connectivity index (χ1v) is 27.3. The lowest BCUT2D eigenvalue weighted by molar-refractivity contribution is -0.279. The number of carbonyl (C=O) groups is 1. The summed E-state index contributed by atoms with van der Waals surface area (Å²) in [7, 11) is 6.86. The zero-order valence-electron chi connectivity index (χ0n) is 45.6. The van der Waals surface area contributed by atoms with Gasteiger partial charge in [0.15, 0.2) is 17.5 Å². The average molecular weight is 1080 g/mol. The number of likely N-dealkylation sites (N-methyl/N-ethyl adjacent to an activating group) is 2. The Bertz CT molecular complexity index is 2040. The molecule has 22 heteroatoms. The summed E-state index contributed by atoms with van der Waals surface area (Å²) in [4.78, 5) is 18.4. The van der Waals surface area contributed by atoms with Gasteiger partial charge >= 0.3 is 12.1 Å². The zero-order valence-corrected chi connectivity index (χ0v) is 46.4. The van der Waals surface area contributed by atoms with Crippen LogP contribution in [0.5, 0.6) is 0 Å². The lowest BCUT2D eigenvalue weighted by Crippen LogP contribution is -2.59. The molecule has 0 spiro atoms. The van der Waals surface area contributed by atoms with Crippen LogP contribution in [0.1, 0.15) is 131 Å². The second-order valence-corrected chi connectivity index (χ2v) is 23.5. The molecule has 5 rings (SSSR count). The summed E-state index contributed by atoms with van der Waals surface area (Å²) in [5.74, 6) is -3.24. The van der Waals surface area contributed by atoms with Crippen molar-refractivity contribution in [2.75, 3.05) is 53.8 Å². The topological polar surface area (TPSA) is 203 Å². The molecule has 0 saturated carbocycles. The molecule has 4 heterocycles. The lowest BCUT2D eigenvalue weighted by atomic mass is 9.83. The fourth-order valence-corrected chi connectivity index (χ4v) is 11.9. The van der Waals surface area contributed by atoms with Crippen molar-refractivity contribution in [3.63, 3.8) is 0 Å². The van der Waals surface area contributed by atoms with E-state index in [2.05, 4.69) is 15.2 Å². The highest BCUT2D eigenvalue weighted by Gasteiger charge is 2.49. The minimum atomic E-state index is -4.60. The monoisotopic (exact) mass is 1080 g/mol. The summed E-state index contributed by atoms with van der Waals surface area (Å²) < 4.78 is 111. The number of methoxy groups -OCH3 is 2. The number of carbonyl (C=O) groups excluding carboxylic acids is 1. The minimum Gasteiger partial charge on any atom is -0.611 e. The van der Waals surface area contributed by atoms with Crippen LogP contribution in [0, 0.1) is 11.8 Å². The van der Waals surface area contributed by atoms with Crippen molar-refractivity contribution < 1.29 is 75.4 Å². The molecule has 2 aromatic rings. The predicted octanol–water partition coefficient (Wildman–Crippen LogP) is 6.49. The summed E-state index contributed by atoms with van der Waals surface area (Å²) in [5.41, 5.74) is -2.85. The first-order valence-electron chi connectivity index (χ1n) is 26.0. The maximum Gasteiger partial charge on any atom is 0.433 e. The Morgan fingerprint density at radius 3 is 2.24 bits per heavy atom. The fraction of sp³-hybridized carbons (Fsp3) is 0.827. The van der Waals surface area contributed by atoms with Gasteiger partial charge in [-0.3, -0.25) is 4.79 Å². The molecule has 3 aliphatic heterocycles. The molecule has 1 aromatic heterocycles. The molecule has 424 valence electrons. The molecule has 0 bridgehead atoms. The van der Waals surface area contributed by atoms with E-state index in [9.17, 15) is 42.2 Å². The molecule has 3 aliphatic rings. The Hall–Kier alpha value is -2.58. The van der Waals surface area contributed by atoms with Crippen molar-refractivity contribution in [2.45, 2.75) is 215 Å².